The van der Waals surface area contributed by atoms with Gasteiger partial charge in [0.1, 0.15) is 11.0 Å². The molecule has 0 bridgehead atoms. The molecule has 5 heteroatoms. The molecule has 1 aromatic rings. The molecular weight excluding hydrogens is 178 g/mol. The van der Waals surface area contributed by atoms with Crippen LogP contribution in [0, 0.1) is 0 Å². The summed E-state index contributed by atoms with van der Waals surface area (Å²) in [5.74, 6) is 0.520. The maximum atomic E-state index is 11.2. The maximum absolute atomic E-state index is 11.2. The number of furan rings is 1. The molecule has 1 fully saturated rings. The molecule has 12 heavy (non-hydrogen) atoms. The SMILES string of the molecule is NC1CS(=O)(=O)C1c1ccco1. The molecule has 1 saturated heterocycles. The number of hydrogen-bond donors (Lipinski definition) is 1. The highest BCUT2D eigenvalue weighted by Gasteiger charge is 2.46. The van der Waals surface area contributed by atoms with Crippen LogP contribution in [0.1, 0.15) is 11.0 Å². The third-order valence-corrected chi connectivity index (χ3v) is 4.23. The van der Waals surface area contributed by atoms with Gasteiger partial charge in [0.15, 0.2) is 9.84 Å². The van der Waals surface area contributed by atoms with Crippen molar-refractivity contribution in [3.63, 3.8) is 0 Å². The molecule has 0 saturated carbocycles. The lowest BCUT2D eigenvalue weighted by Crippen LogP contribution is -2.50. The van der Waals surface area contributed by atoms with Crippen LogP contribution >= 0.6 is 0 Å². The van der Waals surface area contributed by atoms with E-state index >= 15 is 0 Å². The number of hydrogen-bond acceptors (Lipinski definition) is 4. The third kappa shape index (κ3) is 0.971. The van der Waals surface area contributed by atoms with Crippen LogP contribution in [0.5, 0.6) is 0 Å². The molecule has 2 rings (SSSR count). The van der Waals surface area contributed by atoms with Gasteiger partial charge >= 0.3 is 0 Å². The van der Waals surface area contributed by atoms with E-state index in [0.717, 1.165) is 0 Å². The van der Waals surface area contributed by atoms with E-state index in [-0.39, 0.29) is 11.8 Å². The smallest absolute Gasteiger partial charge is 0.163 e. The Labute approximate surface area is 70.3 Å². The van der Waals surface area contributed by atoms with Crippen molar-refractivity contribution in [1.29, 1.82) is 0 Å². The molecule has 0 aliphatic carbocycles. The van der Waals surface area contributed by atoms with Gasteiger partial charge in [-0.2, -0.15) is 0 Å². The highest BCUT2D eigenvalue weighted by molar-refractivity contribution is 7.93. The van der Waals surface area contributed by atoms with E-state index < -0.39 is 15.1 Å². The lowest BCUT2D eigenvalue weighted by atomic mass is 10.2. The minimum atomic E-state index is -3.01. The van der Waals surface area contributed by atoms with Crippen molar-refractivity contribution >= 4 is 9.84 Å². The van der Waals surface area contributed by atoms with Gasteiger partial charge in [0.2, 0.25) is 0 Å². The highest BCUT2D eigenvalue weighted by Crippen LogP contribution is 2.35. The van der Waals surface area contributed by atoms with E-state index in [4.69, 9.17) is 10.2 Å². The monoisotopic (exact) mass is 187 g/mol. The predicted octanol–water partition coefficient (Wildman–Crippen LogP) is 0.0764. The summed E-state index contributed by atoms with van der Waals surface area (Å²) < 4.78 is 27.4. The molecule has 0 radical (unpaired) electrons. The van der Waals surface area contributed by atoms with E-state index in [9.17, 15) is 8.42 Å². The zero-order valence-corrected chi connectivity index (χ0v) is 7.12. The van der Waals surface area contributed by atoms with Gasteiger partial charge in [-0.15, -0.1) is 0 Å². The van der Waals surface area contributed by atoms with Crippen LogP contribution in [0.3, 0.4) is 0 Å². The van der Waals surface area contributed by atoms with E-state index in [1.165, 1.54) is 6.26 Å². The fourth-order valence-corrected chi connectivity index (χ4v) is 3.14. The van der Waals surface area contributed by atoms with Gasteiger partial charge in [-0.05, 0) is 12.1 Å². The minimum Gasteiger partial charge on any atom is -0.468 e. The Morgan fingerprint density at radius 3 is 2.75 bits per heavy atom. The number of sulfone groups is 1. The Morgan fingerprint density at radius 1 is 1.58 bits per heavy atom. The number of rotatable bonds is 1. The van der Waals surface area contributed by atoms with Crippen LogP contribution in [0.25, 0.3) is 0 Å². The third-order valence-electron chi connectivity index (χ3n) is 2.02. The summed E-state index contributed by atoms with van der Waals surface area (Å²) in [5, 5.41) is -0.618. The fourth-order valence-electron chi connectivity index (χ4n) is 1.44. The van der Waals surface area contributed by atoms with Gasteiger partial charge in [-0.1, -0.05) is 0 Å². The van der Waals surface area contributed by atoms with Crippen molar-refractivity contribution in [2.24, 2.45) is 5.73 Å². The molecule has 2 heterocycles. The average molecular weight is 187 g/mol. The zero-order valence-electron chi connectivity index (χ0n) is 6.30. The van der Waals surface area contributed by atoms with Crippen molar-refractivity contribution in [3.05, 3.63) is 24.2 Å². The van der Waals surface area contributed by atoms with Crippen molar-refractivity contribution in [1.82, 2.24) is 0 Å². The fraction of sp³-hybridized carbons (Fsp3) is 0.429. The van der Waals surface area contributed by atoms with Gasteiger partial charge < -0.3 is 10.2 Å². The maximum Gasteiger partial charge on any atom is 0.163 e. The molecule has 1 aliphatic heterocycles. The average Bonchev–Trinajstić information content (AvgIpc) is 2.37. The van der Waals surface area contributed by atoms with Crippen molar-refractivity contribution < 1.29 is 12.8 Å². The van der Waals surface area contributed by atoms with Crippen molar-refractivity contribution in [2.45, 2.75) is 11.3 Å². The molecular formula is C7H9NO3S. The first kappa shape index (κ1) is 7.82. The summed E-state index contributed by atoms with van der Waals surface area (Å²) in [7, 11) is -3.01. The Bertz CT molecular complexity index is 367. The normalized spacial score (nSPS) is 32.8. The molecule has 1 aromatic heterocycles. The molecule has 2 atom stereocenters. The van der Waals surface area contributed by atoms with Gasteiger partial charge in [0.05, 0.1) is 12.0 Å². The van der Waals surface area contributed by atoms with Gasteiger partial charge in [0.25, 0.3) is 0 Å². The Balaban J connectivity index is 2.36. The Kier molecular flexibility index (Phi) is 1.52. The van der Waals surface area contributed by atoms with Crippen LogP contribution < -0.4 is 5.73 Å². The van der Waals surface area contributed by atoms with E-state index in [1.54, 1.807) is 12.1 Å². The quantitative estimate of drug-likeness (QED) is 0.675. The van der Waals surface area contributed by atoms with Crippen LogP contribution in [-0.2, 0) is 9.84 Å². The molecule has 4 nitrogen and oxygen atoms in total. The molecule has 0 amide bonds. The Hall–Kier alpha value is -0.810. The second-order valence-electron chi connectivity index (χ2n) is 2.93. The first-order chi connectivity index (χ1) is 5.61. The molecule has 0 spiro atoms. The van der Waals surface area contributed by atoms with Gasteiger partial charge in [-0.3, -0.25) is 0 Å². The van der Waals surface area contributed by atoms with E-state index in [1.807, 2.05) is 0 Å². The lowest BCUT2D eigenvalue weighted by molar-refractivity contribution is 0.444. The first-order valence-electron chi connectivity index (χ1n) is 3.62. The summed E-state index contributed by atoms with van der Waals surface area (Å²) in [5.41, 5.74) is 5.55. The van der Waals surface area contributed by atoms with Gasteiger partial charge in [-0.25, -0.2) is 8.42 Å². The molecule has 1 aliphatic rings. The molecule has 2 unspecified atom stereocenters. The van der Waals surface area contributed by atoms with Crippen molar-refractivity contribution in [2.75, 3.05) is 5.75 Å². The van der Waals surface area contributed by atoms with Gasteiger partial charge in [0, 0.05) is 6.04 Å². The summed E-state index contributed by atoms with van der Waals surface area (Å²) in [6.45, 7) is 0. The van der Waals surface area contributed by atoms with Crippen LogP contribution in [-0.4, -0.2) is 20.2 Å². The highest BCUT2D eigenvalue weighted by atomic mass is 32.2. The second-order valence-corrected chi connectivity index (χ2v) is 5.10. The topological polar surface area (TPSA) is 73.3 Å². The largest absolute Gasteiger partial charge is 0.468 e. The summed E-state index contributed by atoms with van der Waals surface area (Å²) in [6.07, 6.45) is 1.45. The minimum absolute atomic E-state index is 0.0678. The second kappa shape index (κ2) is 2.34. The molecule has 2 N–H and O–H groups in total. The zero-order chi connectivity index (χ0) is 8.77. The lowest BCUT2D eigenvalue weighted by Gasteiger charge is -2.31. The van der Waals surface area contributed by atoms with E-state index in [0.29, 0.717) is 5.76 Å². The summed E-state index contributed by atoms with van der Waals surface area (Å²) in [4.78, 5) is 0. The first-order valence-corrected chi connectivity index (χ1v) is 5.33. The van der Waals surface area contributed by atoms with E-state index in [2.05, 4.69) is 0 Å². The molecule has 66 valence electrons. The predicted molar refractivity (Wildman–Crippen MR) is 43.2 cm³/mol. The van der Waals surface area contributed by atoms with Crippen molar-refractivity contribution in [3.8, 4) is 0 Å². The van der Waals surface area contributed by atoms with Crippen LogP contribution in [0.2, 0.25) is 0 Å². The standard InChI is InChI=1S/C7H9NO3S/c8-5-4-12(9,10)7(5)6-2-1-3-11-6/h1-3,5,7H,4,8H2. The summed E-state index contributed by atoms with van der Waals surface area (Å²) in [6, 6.07) is 3.00. The summed E-state index contributed by atoms with van der Waals surface area (Å²) >= 11 is 0. The van der Waals surface area contributed by atoms with Crippen LogP contribution in [0.4, 0.5) is 0 Å². The van der Waals surface area contributed by atoms with Crippen LogP contribution in [0.15, 0.2) is 22.8 Å². The number of nitrogens with two attached hydrogens (primary N) is 1. The Morgan fingerprint density at radius 2 is 2.33 bits per heavy atom. The molecule has 0 aromatic carbocycles.